The van der Waals surface area contributed by atoms with E-state index in [0.29, 0.717) is 12.0 Å². The number of rotatable bonds is 4. The first kappa shape index (κ1) is 11.7. The largest absolute Gasteiger partial charge is 0.381 e. The number of hydrogen-bond acceptors (Lipinski definition) is 3. The van der Waals surface area contributed by atoms with Crippen LogP contribution in [0.5, 0.6) is 0 Å². The summed E-state index contributed by atoms with van der Waals surface area (Å²) in [5, 5.41) is 9.13. The summed E-state index contributed by atoms with van der Waals surface area (Å²) in [5.74, 6) is 0.496. The second-order valence-electron chi connectivity index (χ2n) is 4.61. The first-order valence-corrected chi connectivity index (χ1v) is 6.17. The Morgan fingerprint density at radius 2 is 2.19 bits per heavy atom. The van der Waals surface area contributed by atoms with Crippen LogP contribution in [0.2, 0.25) is 0 Å². The van der Waals surface area contributed by atoms with E-state index in [-0.39, 0.29) is 6.03 Å². The molecular weight excluding hydrogens is 206 g/mol. The number of carbonyl (C=O) groups excluding carboxylic acids is 1. The minimum atomic E-state index is -0.0550. The van der Waals surface area contributed by atoms with E-state index >= 15 is 0 Å². The molecule has 2 saturated heterocycles. The SMILES string of the molecule is O=C(NCC1CCOC1)NCC1CCCN1. The Morgan fingerprint density at radius 1 is 1.31 bits per heavy atom. The standard InChI is InChI=1S/C11H21N3O2/c15-11(13-6-9-3-5-16-8-9)14-7-10-2-1-4-12-10/h9-10,12H,1-8H2,(H2,13,14,15). The molecule has 16 heavy (non-hydrogen) atoms. The number of hydrogen-bond donors (Lipinski definition) is 3. The lowest BCUT2D eigenvalue weighted by molar-refractivity contribution is 0.185. The van der Waals surface area contributed by atoms with Gasteiger partial charge < -0.3 is 20.7 Å². The molecule has 2 unspecified atom stereocenters. The first-order chi connectivity index (χ1) is 7.84. The lowest BCUT2D eigenvalue weighted by Gasteiger charge is -2.13. The van der Waals surface area contributed by atoms with Gasteiger partial charge in [-0.1, -0.05) is 0 Å². The van der Waals surface area contributed by atoms with Crippen molar-refractivity contribution in [1.29, 1.82) is 0 Å². The highest BCUT2D eigenvalue weighted by Gasteiger charge is 2.17. The molecule has 0 spiro atoms. The van der Waals surface area contributed by atoms with Gasteiger partial charge >= 0.3 is 6.03 Å². The topological polar surface area (TPSA) is 62.4 Å². The highest BCUT2D eigenvalue weighted by atomic mass is 16.5. The van der Waals surface area contributed by atoms with Crippen molar-refractivity contribution in [1.82, 2.24) is 16.0 Å². The van der Waals surface area contributed by atoms with Crippen LogP contribution in [0.1, 0.15) is 19.3 Å². The molecule has 0 bridgehead atoms. The van der Waals surface area contributed by atoms with Crippen LogP contribution in [0.4, 0.5) is 4.79 Å². The minimum Gasteiger partial charge on any atom is -0.381 e. The Kier molecular flexibility index (Phi) is 4.42. The Balaban J connectivity index is 1.53. The van der Waals surface area contributed by atoms with Gasteiger partial charge in [0.05, 0.1) is 6.61 Å². The van der Waals surface area contributed by atoms with E-state index in [1.165, 1.54) is 6.42 Å². The number of ether oxygens (including phenoxy) is 1. The third-order valence-electron chi connectivity index (χ3n) is 3.25. The summed E-state index contributed by atoms with van der Waals surface area (Å²) in [6.07, 6.45) is 3.44. The number of urea groups is 1. The van der Waals surface area contributed by atoms with Gasteiger partial charge in [0.1, 0.15) is 0 Å². The molecule has 0 saturated carbocycles. The van der Waals surface area contributed by atoms with E-state index in [1.807, 2.05) is 0 Å². The van der Waals surface area contributed by atoms with Gasteiger partial charge in [-0.25, -0.2) is 4.79 Å². The normalized spacial score (nSPS) is 29.2. The molecule has 2 fully saturated rings. The summed E-state index contributed by atoms with van der Waals surface area (Å²) < 4.78 is 5.25. The zero-order valence-corrected chi connectivity index (χ0v) is 9.63. The smallest absolute Gasteiger partial charge is 0.314 e. The molecule has 2 rings (SSSR count). The van der Waals surface area contributed by atoms with Crippen molar-refractivity contribution < 1.29 is 9.53 Å². The Bertz CT molecular complexity index is 201. The zero-order chi connectivity index (χ0) is 11.2. The fourth-order valence-corrected chi connectivity index (χ4v) is 2.19. The zero-order valence-electron chi connectivity index (χ0n) is 9.63. The molecular formula is C11H21N3O2. The van der Waals surface area contributed by atoms with Crippen molar-refractivity contribution >= 4 is 6.03 Å². The lowest BCUT2D eigenvalue weighted by Crippen LogP contribution is -2.43. The van der Waals surface area contributed by atoms with Gasteiger partial charge in [-0.2, -0.15) is 0 Å². The van der Waals surface area contributed by atoms with E-state index in [2.05, 4.69) is 16.0 Å². The van der Waals surface area contributed by atoms with Crippen molar-refractivity contribution in [2.24, 2.45) is 5.92 Å². The summed E-state index contributed by atoms with van der Waals surface area (Å²) in [4.78, 5) is 11.5. The molecule has 3 N–H and O–H groups in total. The third kappa shape index (κ3) is 3.64. The quantitative estimate of drug-likeness (QED) is 0.637. The number of carbonyl (C=O) groups is 1. The number of nitrogens with one attached hydrogen (secondary N) is 3. The van der Waals surface area contributed by atoms with Crippen molar-refractivity contribution in [3.8, 4) is 0 Å². The summed E-state index contributed by atoms with van der Waals surface area (Å²) in [7, 11) is 0. The Labute approximate surface area is 96.3 Å². The molecule has 5 heteroatoms. The van der Waals surface area contributed by atoms with Gasteiger partial charge in [-0.3, -0.25) is 0 Å². The van der Waals surface area contributed by atoms with Crippen LogP contribution < -0.4 is 16.0 Å². The monoisotopic (exact) mass is 227 g/mol. The van der Waals surface area contributed by atoms with Crippen LogP contribution in [0.25, 0.3) is 0 Å². The van der Waals surface area contributed by atoms with Crippen LogP contribution in [0.3, 0.4) is 0 Å². The van der Waals surface area contributed by atoms with Crippen LogP contribution in [0, 0.1) is 5.92 Å². The molecule has 2 aliphatic rings. The van der Waals surface area contributed by atoms with Crippen molar-refractivity contribution in [3.05, 3.63) is 0 Å². The van der Waals surface area contributed by atoms with Gasteiger partial charge in [0, 0.05) is 31.7 Å². The number of amides is 2. The van der Waals surface area contributed by atoms with Crippen LogP contribution in [0.15, 0.2) is 0 Å². The minimum absolute atomic E-state index is 0.0550. The molecule has 2 atom stereocenters. The maximum absolute atomic E-state index is 11.5. The van der Waals surface area contributed by atoms with E-state index in [4.69, 9.17) is 4.74 Å². The molecule has 2 amide bonds. The van der Waals surface area contributed by atoms with Crippen molar-refractivity contribution in [2.75, 3.05) is 32.8 Å². The second kappa shape index (κ2) is 6.06. The second-order valence-corrected chi connectivity index (χ2v) is 4.61. The van der Waals surface area contributed by atoms with E-state index in [9.17, 15) is 4.79 Å². The molecule has 2 aliphatic heterocycles. The van der Waals surface area contributed by atoms with Gasteiger partial charge in [-0.15, -0.1) is 0 Å². The summed E-state index contributed by atoms with van der Waals surface area (Å²) in [5.41, 5.74) is 0. The Hall–Kier alpha value is -0.810. The van der Waals surface area contributed by atoms with Crippen molar-refractivity contribution in [2.45, 2.75) is 25.3 Å². The predicted octanol–water partition coefficient (Wildman–Crippen LogP) is 0.0741. The van der Waals surface area contributed by atoms with E-state index < -0.39 is 0 Å². The highest BCUT2D eigenvalue weighted by Crippen LogP contribution is 2.10. The third-order valence-corrected chi connectivity index (χ3v) is 3.25. The summed E-state index contributed by atoms with van der Waals surface area (Å²) >= 11 is 0. The maximum atomic E-state index is 11.5. The molecule has 0 aromatic rings. The lowest BCUT2D eigenvalue weighted by atomic mass is 10.1. The van der Waals surface area contributed by atoms with E-state index in [1.54, 1.807) is 0 Å². The molecule has 5 nitrogen and oxygen atoms in total. The Morgan fingerprint density at radius 3 is 2.88 bits per heavy atom. The maximum Gasteiger partial charge on any atom is 0.314 e. The van der Waals surface area contributed by atoms with Crippen LogP contribution in [-0.4, -0.2) is 44.9 Å². The average molecular weight is 227 g/mol. The fraction of sp³-hybridized carbons (Fsp3) is 0.909. The molecule has 0 aromatic heterocycles. The average Bonchev–Trinajstić information content (AvgIpc) is 2.96. The highest BCUT2D eigenvalue weighted by molar-refractivity contribution is 5.73. The summed E-state index contributed by atoms with van der Waals surface area (Å²) in [6, 6.07) is 0.404. The van der Waals surface area contributed by atoms with E-state index in [0.717, 1.165) is 45.7 Å². The molecule has 0 radical (unpaired) electrons. The predicted molar refractivity (Wildman–Crippen MR) is 61.4 cm³/mol. The fourth-order valence-electron chi connectivity index (χ4n) is 2.19. The van der Waals surface area contributed by atoms with Gasteiger partial charge in [0.2, 0.25) is 0 Å². The molecule has 0 aliphatic carbocycles. The van der Waals surface area contributed by atoms with Crippen molar-refractivity contribution in [3.63, 3.8) is 0 Å². The molecule has 92 valence electrons. The molecule has 2 heterocycles. The summed E-state index contributed by atoms with van der Waals surface area (Å²) in [6.45, 7) is 4.15. The van der Waals surface area contributed by atoms with Gasteiger partial charge in [-0.05, 0) is 25.8 Å². The van der Waals surface area contributed by atoms with Crippen LogP contribution in [-0.2, 0) is 4.74 Å². The van der Waals surface area contributed by atoms with Gasteiger partial charge in [0.25, 0.3) is 0 Å². The van der Waals surface area contributed by atoms with Gasteiger partial charge in [0.15, 0.2) is 0 Å². The van der Waals surface area contributed by atoms with Crippen LogP contribution >= 0.6 is 0 Å². The first-order valence-electron chi connectivity index (χ1n) is 6.17. The molecule has 0 aromatic carbocycles.